The minimum Gasteiger partial charge on any atom is -0.388 e. The summed E-state index contributed by atoms with van der Waals surface area (Å²) in [6.07, 6.45) is 8.32. The molecule has 2 aliphatic rings. The summed E-state index contributed by atoms with van der Waals surface area (Å²) in [6, 6.07) is 18.1. The molecule has 2 N–H and O–H groups in total. The number of piperidine rings is 1. The number of hydrogen-bond donors (Lipinski definition) is 2. The molecule has 1 aliphatic carbocycles. The van der Waals surface area contributed by atoms with Crippen LogP contribution in [-0.2, 0) is 11.3 Å². The van der Waals surface area contributed by atoms with Crippen molar-refractivity contribution >= 4 is 18.0 Å². The van der Waals surface area contributed by atoms with E-state index in [0.29, 0.717) is 19.0 Å². The maximum Gasteiger partial charge on any atom is 0.254 e. The summed E-state index contributed by atoms with van der Waals surface area (Å²) in [4.78, 5) is 24.8. The van der Waals surface area contributed by atoms with Crippen LogP contribution in [0.25, 0.3) is 0 Å². The average molecular weight is 408 g/mol. The highest BCUT2D eigenvalue weighted by Crippen LogP contribution is 2.35. The van der Waals surface area contributed by atoms with E-state index in [-0.39, 0.29) is 5.91 Å². The normalized spacial score (nSPS) is 20.2. The monoisotopic (exact) mass is 407 g/mol. The van der Waals surface area contributed by atoms with Crippen molar-refractivity contribution in [3.05, 3.63) is 65.7 Å². The molecule has 4 rings (SSSR count). The quantitative estimate of drug-likeness (QED) is 0.720. The Morgan fingerprint density at radius 2 is 1.70 bits per heavy atom. The number of fused-ring (bicyclic) bond motifs is 1. The lowest BCUT2D eigenvalue weighted by atomic mass is 9.78. The molecule has 2 fully saturated rings. The Kier molecular flexibility index (Phi) is 8.30. The first-order chi connectivity index (χ1) is 14.7. The van der Waals surface area contributed by atoms with Crippen LogP contribution in [0.4, 0.5) is 5.69 Å². The van der Waals surface area contributed by atoms with Gasteiger partial charge in [-0.2, -0.15) is 0 Å². The Hall–Kier alpha value is -2.82. The van der Waals surface area contributed by atoms with Gasteiger partial charge in [-0.15, -0.1) is 0 Å². The zero-order valence-corrected chi connectivity index (χ0v) is 17.8. The van der Waals surface area contributed by atoms with E-state index >= 15 is 0 Å². The zero-order chi connectivity index (χ0) is 21.2. The molecular formula is C25H33N3O2. The van der Waals surface area contributed by atoms with E-state index in [1.54, 1.807) is 0 Å². The highest BCUT2D eigenvalue weighted by molar-refractivity contribution is 5.94. The molecule has 0 radical (unpaired) electrons. The van der Waals surface area contributed by atoms with Gasteiger partial charge in [0.15, 0.2) is 0 Å². The van der Waals surface area contributed by atoms with E-state index in [1.807, 2.05) is 61.6 Å². The molecule has 0 spiro atoms. The van der Waals surface area contributed by atoms with Crippen LogP contribution in [-0.4, -0.2) is 36.9 Å². The smallest absolute Gasteiger partial charge is 0.254 e. The number of nitrogens with zero attached hydrogens (tertiary/aromatic N) is 1. The molecule has 5 nitrogen and oxygen atoms in total. The van der Waals surface area contributed by atoms with E-state index < -0.39 is 0 Å². The van der Waals surface area contributed by atoms with Gasteiger partial charge in [-0.05, 0) is 61.4 Å². The maximum atomic E-state index is 12.8. The highest BCUT2D eigenvalue weighted by atomic mass is 16.2. The molecule has 1 saturated heterocycles. The third kappa shape index (κ3) is 5.85. The zero-order valence-electron chi connectivity index (χ0n) is 17.8. The highest BCUT2D eigenvalue weighted by Gasteiger charge is 2.35. The van der Waals surface area contributed by atoms with Crippen molar-refractivity contribution in [2.75, 3.05) is 18.9 Å². The number of amides is 2. The fourth-order valence-corrected chi connectivity index (χ4v) is 4.58. The molecule has 5 heteroatoms. The summed E-state index contributed by atoms with van der Waals surface area (Å²) in [6.45, 7) is 1.55. The number of rotatable bonds is 5. The fraction of sp³-hybridized carbons (Fsp3) is 0.440. The van der Waals surface area contributed by atoms with Crippen LogP contribution in [0.3, 0.4) is 0 Å². The molecule has 2 aromatic carbocycles. The summed E-state index contributed by atoms with van der Waals surface area (Å²) >= 11 is 0. The molecule has 0 bridgehead atoms. The van der Waals surface area contributed by atoms with E-state index in [1.165, 1.54) is 38.5 Å². The number of anilines is 1. The Balaban J connectivity index is 0.000000216. The van der Waals surface area contributed by atoms with Gasteiger partial charge in [0.2, 0.25) is 6.41 Å². The molecule has 2 amide bonds. The topological polar surface area (TPSA) is 61.4 Å². The van der Waals surface area contributed by atoms with Crippen LogP contribution in [0.5, 0.6) is 0 Å². The van der Waals surface area contributed by atoms with Crippen molar-refractivity contribution in [2.24, 2.45) is 5.92 Å². The van der Waals surface area contributed by atoms with Crippen molar-refractivity contribution in [3.63, 3.8) is 0 Å². The van der Waals surface area contributed by atoms with Crippen molar-refractivity contribution < 1.29 is 9.59 Å². The first kappa shape index (κ1) is 21.9. The van der Waals surface area contributed by atoms with Crippen LogP contribution >= 0.6 is 0 Å². The Morgan fingerprint density at radius 1 is 1.00 bits per heavy atom. The molecular weight excluding hydrogens is 374 g/mol. The molecule has 1 aliphatic heterocycles. The van der Waals surface area contributed by atoms with Gasteiger partial charge in [0.1, 0.15) is 0 Å². The molecule has 2 unspecified atom stereocenters. The first-order valence-electron chi connectivity index (χ1n) is 11.0. The first-order valence-corrected chi connectivity index (χ1v) is 11.0. The van der Waals surface area contributed by atoms with Gasteiger partial charge in [0.25, 0.3) is 5.91 Å². The van der Waals surface area contributed by atoms with Gasteiger partial charge in [0, 0.05) is 37.4 Å². The van der Waals surface area contributed by atoms with E-state index in [4.69, 9.17) is 0 Å². The minimum absolute atomic E-state index is 0.226. The Morgan fingerprint density at radius 3 is 2.40 bits per heavy atom. The summed E-state index contributed by atoms with van der Waals surface area (Å²) < 4.78 is 0. The van der Waals surface area contributed by atoms with Gasteiger partial charge in [-0.3, -0.25) is 9.59 Å². The van der Waals surface area contributed by atoms with Crippen molar-refractivity contribution in [3.8, 4) is 0 Å². The number of benzene rings is 2. The molecule has 1 heterocycles. The second-order valence-corrected chi connectivity index (χ2v) is 8.06. The van der Waals surface area contributed by atoms with Gasteiger partial charge < -0.3 is 15.5 Å². The number of carbonyl (C=O) groups excluding carboxylic acids is 2. The summed E-state index contributed by atoms with van der Waals surface area (Å²) in [7, 11) is 1.90. The third-order valence-corrected chi connectivity index (χ3v) is 6.16. The van der Waals surface area contributed by atoms with Gasteiger partial charge in [-0.1, -0.05) is 43.2 Å². The van der Waals surface area contributed by atoms with Crippen molar-refractivity contribution in [1.29, 1.82) is 0 Å². The molecule has 160 valence electrons. The average Bonchev–Trinajstić information content (AvgIpc) is 2.83. The van der Waals surface area contributed by atoms with Crippen LogP contribution in [0.15, 0.2) is 54.6 Å². The lowest BCUT2D eigenvalue weighted by molar-refractivity contribution is -0.109. The standard InChI is InChI=1S/C17H24N2O.C8H9NO/c1-18-15-10-8-14(9-11-15)17(20)19-12-4-6-13-5-2-3-7-16(13)19;10-7-9-6-8-4-2-1-3-5-8/h8-11,13,16,18H,2-7,12H2,1H3;1-5,7H,6H2,(H,9,10). The van der Waals surface area contributed by atoms with E-state index in [2.05, 4.69) is 15.5 Å². The van der Waals surface area contributed by atoms with Crippen LogP contribution in [0.1, 0.15) is 54.4 Å². The number of hydrogen-bond acceptors (Lipinski definition) is 3. The predicted octanol–water partition coefficient (Wildman–Crippen LogP) is 4.46. The van der Waals surface area contributed by atoms with E-state index in [9.17, 15) is 9.59 Å². The maximum absolute atomic E-state index is 12.8. The third-order valence-electron chi connectivity index (χ3n) is 6.16. The van der Waals surface area contributed by atoms with Gasteiger partial charge in [-0.25, -0.2) is 0 Å². The van der Waals surface area contributed by atoms with Crippen LogP contribution in [0, 0.1) is 5.92 Å². The van der Waals surface area contributed by atoms with Crippen LogP contribution < -0.4 is 10.6 Å². The van der Waals surface area contributed by atoms with Crippen molar-refractivity contribution in [2.45, 2.75) is 51.1 Å². The van der Waals surface area contributed by atoms with Gasteiger partial charge >= 0.3 is 0 Å². The number of carbonyl (C=O) groups is 2. The molecule has 2 atom stereocenters. The lowest BCUT2D eigenvalue weighted by Gasteiger charge is -2.44. The number of likely N-dealkylation sites (tertiary alicyclic amines) is 1. The second-order valence-electron chi connectivity index (χ2n) is 8.06. The fourth-order valence-electron chi connectivity index (χ4n) is 4.58. The summed E-state index contributed by atoms with van der Waals surface area (Å²) in [5.74, 6) is 0.974. The Labute approximate surface area is 179 Å². The van der Waals surface area contributed by atoms with Crippen LogP contribution in [0.2, 0.25) is 0 Å². The number of nitrogens with one attached hydrogen (secondary N) is 2. The lowest BCUT2D eigenvalue weighted by Crippen LogP contribution is -2.49. The van der Waals surface area contributed by atoms with Crippen molar-refractivity contribution in [1.82, 2.24) is 10.2 Å². The van der Waals surface area contributed by atoms with Gasteiger partial charge in [0.05, 0.1) is 0 Å². The summed E-state index contributed by atoms with van der Waals surface area (Å²) in [5, 5.41) is 5.68. The SMILES string of the molecule is CNc1ccc(C(=O)N2CCCC3CCCCC32)cc1.O=CNCc1ccccc1. The predicted molar refractivity (Wildman–Crippen MR) is 121 cm³/mol. The minimum atomic E-state index is 0.226. The molecule has 1 saturated carbocycles. The molecule has 30 heavy (non-hydrogen) atoms. The molecule has 0 aromatic heterocycles. The largest absolute Gasteiger partial charge is 0.388 e. The second kappa shape index (κ2) is 11.4. The Bertz CT molecular complexity index is 790. The van der Waals surface area contributed by atoms with E-state index in [0.717, 1.165) is 29.3 Å². The summed E-state index contributed by atoms with van der Waals surface area (Å²) in [5.41, 5.74) is 3.00. The molecule has 2 aromatic rings.